The zero-order valence-corrected chi connectivity index (χ0v) is 15.2. The highest BCUT2D eigenvalue weighted by molar-refractivity contribution is 5.76. The van der Waals surface area contributed by atoms with E-state index in [9.17, 15) is 0 Å². The molecule has 2 nitrogen and oxygen atoms in total. The maximum absolute atomic E-state index is 5.34. The van der Waals surface area contributed by atoms with Gasteiger partial charge in [0.2, 0.25) is 0 Å². The molecule has 1 heterocycles. The van der Waals surface area contributed by atoms with E-state index in [2.05, 4.69) is 63.8 Å². The molecule has 0 bridgehead atoms. The summed E-state index contributed by atoms with van der Waals surface area (Å²) in [4.78, 5) is 0. The molecule has 0 saturated heterocycles. The summed E-state index contributed by atoms with van der Waals surface area (Å²) in [5.41, 5.74) is 7.80. The summed E-state index contributed by atoms with van der Waals surface area (Å²) in [6.07, 6.45) is 4.34. The molecule has 2 aromatic rings. The lowest BCUT2D eigenvalue weighted by Gasteiger charge is -2.15. The molecule has 1 aromatic heterocycles. The van der Waals surface area contributed by atoms with Crippen LogP contribution in [0.5, 0.6) is 5.75 Å². The second-order valence-electron chi connectivity index (χ2n) is 5.30. The van der Waals surface area contributed by atoms with Crippen molar-refractivity contribution < 1.29 is 33.3 Å². The molecule has 2 rings (SSSR count). The van der Waals surface area contributed by atoms with Crippen LogP contribution in [-0.2, 0) is 7.05 Å². The van der Waals surface area contributed by atoms with Crippen molar-refractivity contribution >= 4 is 0 Å². The highest BCUT2D eigenvalue weighted by Crippen LogP contribution is 2.34. The Labute approximate surface area is 138 Å². The smallest absolute Gasteiger partial charge is 0.172 e. The van der Waals surface area contributed by atoms with Crippen LogP contribution in [0.1, 0.15) is 22.3 Å². The molecule has 0 aliphatic rings. The maximum atomic E-state index is 5.34. The van der Waals surface area contributed by atoms with Gasteiger partial charge in [-0.05, 0) is 62.1 Å². The Morgan fingerprint density at radius 2 is 1.20 bits per heavy atom. The van der Waals surface area contributed by atoms with Crippen molar-refractivity contribution in [1.29, 1.82) is 0 Å². The van der Waals surface area contributed by atoms with E-state index in [1.807, 2.05) is 0 Å². The molecule has 0 aliphatic heterocycles. The van der Waals surface area contributed by atoms with E-state index in [1.165, 1.54) is 33.4 Å². The largest absolute Gasteiger partial charge is 1.00 e. The fourth-order valence-corrected chi connectivity index (χ4v) is 2.92. The van der Waals surface area contributed by atoms with E-state index in [0.717, 1.165) is 5.75 Å². The maximum Gasteiger partial charge on any atom is 0.172 e. The van der Waals surface area contributed by atoms with E-state index < -0.39 is 0 Å². The van der Waals surface area contributed by atoms with Crippen LogP contribution in [0, 0.1) is 27.7 Å². The van der Waals surface area contributed by atoms with Crippen molar-refractivity contribution in [1.82, 2.24) is 0 Å². The van der Waals surface area contributed by atoms with Gasteiger partial charge in [0.05, 0.1) is 7.11 Å². The summed E-state index contributed by atoms with van der Waals surface area (Å²) in [5, 5.41) is 0. The van der Waals surface area contributed by atoms with Crippen molar-refractivity contribution in [3.05, 3.63) is 46.8 Å². The summed E-state index contributed by atoms with van der Waals surface area (Å²) >= 11 is 0. The van der Waals surface area contributed by atoms with Crippen LogP contribution in [0.2, 0.25) is 0 Å². The number of hydrogen-bond donors (Lipinski definition) is 0. The number of halogens is 1. The summed E-state index contributed by atoms with van der Waals surface area (Å²) < 4.78 is 7.46. The van der Waals surface area contributed by atoms with Gasteiger partial charge in [-0.3, -0.25) is 0 Å². The lowest BCUT2D eigenvalue weighted by molar-refractivity contribution is -0.672. The topological polar surface area (TPSA) is 13.1 Å². The van der Waals surface area contributed by atoms with Gasteiger partial charge in [-0.1, -0.05) is 0 Å². The van der Waals surface area contributed by atoms with Crippen molar-refractivity contribution in [2.75, 3.05) is 7.11 Å². The molecule has 108 valence electrons. The van der Waals surface area contributed by atoms with Crippen LogP contribution >= 0.6 is 0 Å². The molecule has 0 saturated carbocycles. The van der Waals surface area contributed by atoms with Gasteiger partial charge >= 0.3 is 0 Å². The molecule has 1 aromatic carbocycles. The molecule has 0 atom stereocenters. The lowest BCUT2D eigenvalue weighted by Crippen LogP contribution is -3.00. The second-order valence-corrected chi connectivity index (χ2v) is 5.30. The molecule has 0 amide bonds. The van der Waals surface area contributed by atoms with Crippen molar-refractivity contribution in [3.8, 4) is 16.9 Å². The highest BCUT2D eigenvalue weighted by Gasteiger charge is 2.15. The predicted molar refractivity (Wildman–Crippen MR) is 78.6 cm³/mol. The molecule has 0 spiro atoms. The van der Waals surface area contributed by atoms with Gasteiger partial charge in [-0.25, -0.2) is 4.57 Å². The zero-order valence-electron chi connectivity index (χ0n) is 13.0. The first kappa shape index (κ1) is 17.0. The molecule has 3 heteroatoms. The fraction of sp³-hybridized carbons (Fsp3) is 0.353. The Hall–Kier alpha value is -1.10. The van der Waals surface area contributed by atoms with Crippen LogP contribution in [0.25, 0.3) is 11.1 Å². The van der Waals surface area contributed by atoms with Crippen LogP contribution in [0.3, 0.4) is 0 Å². The number of hydrogen-bond acceptors (Lipinski definition) is 1. The van der Waals surface area contributed by atoms with E-state index in [-0.39, 0.29) is 24.0 Å². The van der Waals surface area contributed by atoms with Gasteiger partial charge in [0.25, 0.3) is 0 Å². The Balaban J connectivity index is 0.00000200. The third-order valence-corrected chi connectivity index (χ3v) is 3.58. The monoisotopic (exact) mass is 383 g/mol. The van der Waals surface area contributed by atoms with Crippen molar-refractivity contribution in [2.45, 2.75) is 27.7 Å². The number of pyridine rings is 1. The second kappa shape index (κ2) is 6.57. The van der Waals surface area contributed by atoms with Crippen LogP contribution in [-0.4, -0.2) is 7.11 Å². The SMILES string of the molecule is COc1cc(C)c(-c2c(C)c[n+](C)cc2C)c(C)c1.[I-]. The first-order chi connectivity index (χ1) is 8.93. The average Bonchev–Trinajstić information content (AvgIpc) is 2.31. The quantitative estimate of drug-likeness (QED) is 0.542. The van der Waals surface area contributed by atoms with Crippen LogP contribution in [0.15, 0.2) is 24.5 Å². The Kier molecular flexibility index (Phi) is 5.57. The van der Waals surface area contributed by atoms with Crippen LogP contribution in [0.4, 0.5) is 0 Å². The normalized spacial score (nSPS) is 10.1. The summed E-state index contributed by atoms with van der Waals surface area (Å²) in [6.45, 7) is 8.64. The highest BCUT2D eigenvalue weighted by atomic mass is 127. The number of benzene rings is 1. The van der Waals surface area contributed by atoms with E-state index in [1.54, 1.807) is 7.11 Å². The number of ether oxygens (including phenoxy) is 1. The molecule has 0 fully saturated rings. The average molecular weight is 383 g/mol. The van der Waals surface area contributed by atoms with Gasteiger partial charge in [0.1, 0.15) is 12.8 Å². The molecule has 20 heavy (non-hydrogen) atoms. The molecule has 0 N–H and O–H groups in total. The van der Waals surface area contributed by atoms with Gasteiger partial charge in [0.15, 0.2) is 12.4 Å². The summed E-state index contributed by atoms with van der Waals surface area (Å²) in [7, 11) is 3.78. The summed E-state index contributed by atoms with van der Waals surface area (Å²) in [6, 6.07) is 4.21. The van der Waals surface area contributed by atoms with Gasteiger partial charge < -0.3 is 28.7 Å². The molecule has 0 aliphatic carbocycles. The van der Waals surface area contributed by atoms with E-state index in [4.69, 9.17) is 4.74 Å². The van der Waals surface area contributed by atoms with Gasteiger partial charge in [-0.2, -0.15) is 0 Å². The number of methoxy groups -OCH3 is 1. The summed E-state index contributed by atoms with van der Waals surface area (Å²) in [5.74, 6) is 0.926. The first-order valence-electron chi connectivity index (χ1n) is 6.56. The van der Waals surface area contributed by atoms with Crippen molar-refractivity contribution in [3.63, 3.8) is 0 Å². The number of rotatable bonds is 2. The molecule has 0 unspecified atom stereocenters. The Morgan fingerprint density at radius 1 is 0.800 bits per heavy atom. The Bertz CT molecular complexity index is 589. The number of aromatic nitrogens is 1. The van der Waals surface area contributed by atoms with E-state index in [0.29, 0.717) is 0 Å². The third kappa shape index (κ3) is 3.14. The zero-order chi connectivity index (χ0) is 14.2. The number of aryl methyl sites for hydroxylation is 5. The van der Waals surface area contributed by atoms with E-state index >= 15 is 0 Å². The van der Waals surface area contributed by atoms with Crippen LogP contribution < -0.4 is 33.3 Å². The molecule has 0 radical (unpaired) electrons. The minimum atomic E-state index is 0. The molecular weight excluding hydrogens is 361 g/mol. The third-order valence-electron chi connectivity index (χ3n) is 3.58. The predicted octanol–water partition coefficient (Wildman–Crippen LogP) is 0.424. The minimum Gasteiger partial charge on any atom is -1.00 e. The lowest BCUT2D eigenvalue weighted by atomic mass is 9.90. The fourth-order valence-electron chi connectivity index (χ4n) is 2.92. The first-order valence-corrected chi connectivity index (χ1v) is 6.56. The van der Waals surface area contributed by atoms with Crippen molar-refractivity contribution in [2.24, 2.45) is 7.05 Å². The Morgan fingerprint density at radius 3 is 1.60 bits per heavy atom. The standard InChI is InChI=1S/C17H22NO.HI/c1-11-7-15(19-6)8-12(2)16(11)17-13(3)9-18(5)10-14(17)4;/h7-10H,1-6H3;1H/q+1;/p-1. The molecular formula is C17H22INO. The number of nitrogens with zero attached hydrogens (tertiary/aromatic N) is 1. The van der Waals surface area contributed by atoms with Gasteiger partial charge in [-0.15, -0.1) is 0 Å². The van der Waals surface area contributed by atoms with Gasteiger partial charge in [0, 0.05) is 11.1 Å². The minimum absolute atomic E-state index is 0.